The summed E-state index contributed by atoms with van der Waals surface area (Å²) in [6.07, 6.45) is 9.22. The Balaban J connectivity index is 0.000000180. The highest BCUT2D eigenvalue weighted by molar-refractivity contribution is 6.22. The molecule has 132 heavy (non-hydrogen) atoms. The lowest BCUT2D eigenvalue weighted by Gasteiger charge is -2.23. The first-order chi connectivity index (χ1) is 65.6. The highest BCUT2D eigenvalue weighted by Crippen LogP contribution is 2.56. The zero-order valence-electron chi connectivity index (χ0n) is 86.2. The predicted molar refractivity (Wildman–Crippen MR) is 590 cm³/mol. The molecule has 0 fully saturated rings. The molecular weight excluding hydrogens is 1590 g/mol. The molecule has 3 aliphatic heterocycles. The summed E-state index contributed by atoms with van der Waals surface area (Å²) < 4.78 is 7.72. The van der Waals surface area contributed by atoms with E-state index in [0.29, 0.717) is 0 Å². The molecule has 0 saturated carbocycles. The Bertz CT molecular complexity index is 6950. The van der Waals surface area contributed by atoms with Crippen molar-refractivity contribution in [2.45, 2.75) is 265 Å². The summed E-state index contributed by atoms with van der Waals surface area (Å²) in [6.45, 7) is 60.0. The van der Waals surface area contributed by atoms with Gasteiger partial charge in [0, 0.05) is 68.6 Å². The summed E-state index contributed by atoms with van der Waals surface area (Å²) in [7, 11) is 0. The van der Waals surface area contributed by atoms with Crippen molar-refractivity contribution in [3.8, 4) is 83.8 Å². The second-order valence-corrected chi connectivity index (χ2v) is 30.3. The number of nitrogens with zero attached hydrogens (tertiary/aromatic N) is 3. The standard InChI is InChI=1S/3C33H21N.15C2H6/c1-4-10-24-20(8-1)16-23-18-27-32-29(14-13-22-15-19-7-2-5-11-25(19)31(22)32)34-28-12-6-3-9-21(28)17-26(30(23)24)33(27)34;1-4-10-23-20(8-1)16-25-26(23)18-28-32-30(14-13-22-15-19-7-2-5-11-24(19)31(22)32)34-29-12-6-3-9-21(29)17-27(25)33(28)34;1-4-10-24-19(7-1)13-22-16-29-31(18-26(22)24)34-30-12-6-3-9-21(30)14-23-17-27-25-11-5-2-8-20(25)15-28(27)32(29)33(23)34;15*1-2/h2*1-14,18H,15-17H2;1-12,16-18H,13-15H2;15*1-2H3. The summed E-state index contributed by atoms with van der Waals surface area (Å²) in [5.74, 6) is 0. The van der Waals surface area contributed by atoms with E-state index < -0.39 is 0 Å². The number of rotatable bonds is 0. The van der Waals surface area contributed by atoms with Gasteiger partial charge in [0.2, 0.25) is 0 Å². The molecule has 0 atom stereocenters. The van der Waals surface area contributed by atoms with Crippen LogP contribution in [0.2, 0.25) is 0 Å². The van der Waals surface area contributed by atoms with Crippen LogP contribution in [0.3, 0.4) is 0 Å². The fourth-order valence-corrected chi connectivity index (χ4v) is 21.2. The van der Waals surface area contributed by atoms with Gasteiger partial charge in [0.15, 0.2) is 0 Å². The Morgan fingerprint density at radius 3 is 0.879 bits per heavy atom. The minimum atomic E-state index is 0.999. The summed E-state index contributed by atoms with van der Waals surface area (Å²) in [5, 5.41) is 8.62. The maximum absolute atomic E-state index is 2.57. The van der Waals surface area contributed by atoms with Crippen molar-refractivity contribution in [1.82, 2.24) is 13.7 Å². The number of para-hydroxylation sites is 3. The lowest BCUT2D eigenvalue weighted by molar-refractivity contribution is 1.02. The van der Waals surface area contributed by atoms with E-state index in [-0.39, 0.29) is 0 Å². The summed E-state index contributed by atoms with van der Waals surface area (Å²) in [4.78, 5) is 0. The van der Waals surface area contributed by atoms with Crippen molar-refractivity contribution >= 4 is 65.4 Å². The van der Waals surface area contributed by atoms with Gasteiger partial charge in [-0.05, 0) is 266 Å². The fourth-order valence-electron chi connectivity index (χ4n) is 21.2. The molecule has 0 N–H and O–H groups in total. The molecule has 3 heteroatoms. The highest BCUT2D eigenvalue weighted by atomic mass is 15.0. The smallest absolute Gasteiger partial charge is 0.0583 e. The Morgan fingerprint density at radius 2 is 0.439 bits per heavy atom. The Morgan fingerprint density at radius 1 is 0.152 bits per heavy atom. The quantitative estimate of drug-likeness (QED) is 0.144. The first-order valence-electron chi connectivity index (χ1n) is 51.8. The molecule has 684 valence electrons. The van der Waals surface area contributed by atoms with Crippen LogP contribution in [0.15, 0.2) is 273 Å². The monoisotopic (exact) mass is 1740 g/mol. The molecule has 6 heterocycles. The number of aromatic nitrogens is 3. The average molecular weight is 1750 g/mol. The summed E-state index contributed by atoms with van der Waals surface area (Å²) in [5.41, 5.74) is 56.0. The number of benzene rings is 15. The van der Waals surface area contributed by atoms with Crippen LogP contribution in [0.25, 0.3) is 149 Å². The van der Waals surface area contributed by atoms with Crippen LogP contribution >= 0.6 is 0 Å². The molecule has 27 rings (SSSR count). The molecule has 3 nitrogen and oxygen atoms in total. The minimum Gasteiger partial charge on any atom is -0.309 e. The van der Waals surface area contributed by atoms with Crippen LogP contribution in [0.4, 0.5) is 0 Å². The molecule has 6 aliphatic carbocycles. The van der Waals surface area contributed by atoms with Crippen molar-refractivity contribution in [2.75, 3.05) is 0 Å². The van der Waals surface area contributed by atoms with Crippen LogP contribution in [0, 0.1) is 0 Å². The maximum atomic E-state index is 2.57. The van der Waals surface area contributed by atoms with Gasteiger partial charge in [-0.1, -0.05) is 420 Å². The molecule has 3 aromatic heterocycles. The van der Waals surface area contributed by atoms with Crippen molar-refractivity contribution in [3.63, 3.8) is 0 Å². The Hall–Kier alpha value is -12.3. The summed E-state index contributed by atoms with van der Waals surface area (Å²) in [6, 6.07) is 103. The second kappa shape index (κ2) is 47.7. The molecule has 0 spiro atoms. The predicted octanol–water partition coefficient (Wildman–Crippen LogP) is 38.9. The van der Waals surface area contributed by atoms with Crippen LogP contribution in [-0.2, 0) is 57.8 Å². The van der Waals surface area contributed by atoms with E-state index in [4.69, 9.17) is 0 Å². The fraction of sp³-hybridized carbons (Fsp3) is 0.302. The lowest BCUT2D eigenvalue weighted by Crippen LogP contribution is -2.09. The molecule has 9 aliphatic rings. The van der Waals surface area contributed by atoms with E-state index in [1.54, 1.807) is 0 Å². The molecule has 0 bridgehead atoms. The van der Waals surface area contributed by atoms with E-state index >= 15 is 0 Å². The van der Waals surface area contributed by atoms with Gasteiger partial charge in [-0.25, -0.2) is 0 Å². The van der Waals surface area contributed by atoms with Gasteiger partial charge in [-0.3, -0.25) is 0 Å². The first-order valence-corrected chi connectivity index (χ1v) is 51.8. The third kappa shape index (κ3) is 17.3. The van der Waals surface area contributed by atoms with Gasteiger partial charge in [-0.15, -0.1) is 0 Å². The molecule has 0 radical (unpaired) electrons. The Labute approximate surface area is 796 Å². The number of hydrogen-bond acceptors (Lipinski definition) is 0. The molecule has 0 amide bonds. The van der Waals surface area contributed by atoms with Gasteiger partial charge in [0.25, 0.3) is 0 Å². The third-order valence-corrected chi connectivity index (χ3v) is 25.3. The lowest BCUT2D eigenvalue weighted by atomic mass is 9.89. The molecule has 0 unspecified atom stereocenters. The molecular formula is C129H153N3. The highest BCUT2D eigenvalue weighted by Gasteiger charge is 2.37. The Kier molecular flexibility index (Phi) is 36.8. The maximum Gasteiger partial charge on any atom is 0.0583 e. The topological polar surface area (TPSA) is 14.8 Å². The van der Waals surface area contributed by atoms with Crippen molar-refractivity contribution < 1.29 is 0 Å². The van der Waals surface area contributed by atoms with E-state index in [1.807, 2.05) is 208 Å². The SMILES string of the molecule is CC.CC.CC.CC.CC.CC.CC.CC.CC.CC.CC.CC.CC.CC.CC.c1ccc2c(c1)Cc1c-2cc2c3c4c(ccc3n3c2c1Cc1ccccc1-3)Cc1ccccc1-4.c1ccc2c(c1)Cc1cc3c4c5c(cc6c4n(c3cc1-2)-c1ccccc1C6)-c1ccccc1C5.c1ccc2c(c1)Cc1cc3c4c5c(ccc4n4c3c(c1-2)Cc1ccccc1-4)Cc1ccccc1-5. The minimum absolute atomic E-state index is 0.999. The largest absolute Gasteiger partial charge is 0.309 e. The van der Waals surface area contributed by atoms with Crippen molar-refractivity contribution in [1.29, 1.82) is 0 Å². The van der Waals surface area contributed by atoms with Crippen molar-refractivity contribution in [2.24, 2.45) is 0 Å². The zero-order chi connectivity index (χ0) is 95.9. The van der Waals surface area contributed by atoms with Gasteiger partial charge >= 0.3 is 0 Å². The molecule has 18 aromatic rings. The van der Waals surface area contributed by atoms with Gasteiger partial charge in [0.05, 0.1) is 33.1 Å². The second-order valence-electron chi connectivity index (χ2n) is 30.3. The van der Waals surface area contributed by atoms with E-state index in [0.717, 1.165) is 57.8 Å². The average Bonchev–Trinajstić information content (AvgIpc) is 1.55. The normalized spacial score (nSPS) is 11.6. The zero-order valence-corrected chi connectivity index (χ0v) is 86.2. The van der Waals surface area contributed by atoms with E-state index in [9.17, 15) is 0 Å². The molecule has 0 saturated heterocycles. The van der Waals surface area contributed by atoms with Crippen LogP contribution in [0.1, 0.15) is 308 Å². The first kappa shape index (κ1) is 102. The van der Waals surface area contributed by atoms with Crippen LogP contribution in [0.5, 0.6) is 0 Å². The van der Waals surface area contributed by atoms with Crippen LogP contribution < -0.4 is 0 Å². The van der Waals surface area contributed by atoms with Gasteiger partial charge < -0.3 is 13.7 Å². The van der Waals surface area contributed by atoms with Gasteiger partial charge in [0.1, 0.15) is 0 Å². The van der Waals surface area contributed by atoms with Crippen LogP contribution in [-0.4, -0.2) is 13.7 Å². The number of fused-ring (bicyclic) bond motifs is 38. The van der Waals surface area contributed by atoms with E-state index in [1.165, 1.54) is 249 Å². The number of hydrogen-bond donors (Lipinski definition) is 0. The summed E-state index contributed by atoms with van der Waals surface area (Å²) >= 11 is 0. The van der Waals surface area contributed by atoms with Gasteiger partial charge in [-0.2, -0.15) is 0 Å². The third-order valence-electron chi connectivity index (χ3n) is 25.3. The van der Waals surface area contributed by atoms with Crippen molar-refractivity contribution in [3.05, 3.63) is 373 Å². The molecule has 15 aromatic carbocycles. The van der Waals surface area contributed by atoms with E-state index in [2.05, 4.69) is 287 Å².